The van der Waals surface area contributed by atoms with Crippen LogP contribution in [-0.2, 0) is 6.54 Å². The van der Waals surface area contributed by atoms with E-state index in [9.17, 15) is 9.59 Å². The van der Waals surface area contributed by atoms with Crippen molar-refractivity contribution < 1.29 is 9.53 Å². The van der Waals surface area contributed by atoms with Crippen molar-refractivity contribution >= 4 is 28.7 Å². The van der Waals surface area contributed by atoms with Crippen LogP contribution in [0.3, 0.4) is 0 Å². The molecule has 1 aliphatic rings. The molecule has 0 atom stereocenters. The molecule has 9 heteroatoms. The van der Waals surface area contributed by atoms with E-state index in [1.54, 1.807) is 30.0 Å². The molecule has 4 aromatic rings. The van der Waals surface area contributed by atoms with Crippen molar-refractivity contribution in [1.29, 1.82) is 0 Å². The number of benzene rings is 1. The number of hydrogen-bond acceptors (Lipinski definition) is 5. The smallest absolute Gasteiger partial charge is 0.334 e. The van der Waals surface area contributed by atoms with Gasteiger partial charge in [-0.2, -0.15) is 0 Å². The molecular formula is C28H30ClN5O3. The Bertz CT molecular complexity index is 1470. The predicted octanol–water partition coefficient (Wildman–Crippen LogP) is 4.93. The van der Waals surface area contributed by atoms with Gasteiger partial charge in [0.15, 0.2) is 5.65 Å². The third kappa shape index (κ3) is 5.25. The first-order valence-corrected chi connectivity index (χ1v) is 13.0. The maximum Gasteiger partial charge on any atom is 0.334 e. The molecule has 37 heavy (non-hydrogen) atoms. The van der Waals surface area contributed by atoms with E-state index in [1.165, 1.54) is 0 Å². The summed E-state index contributed by atoms with van der Waals surface area (Å²) in [5.74, 6) is 0.957. The number of nitrogens with zero attached hydrogens (tertiary/aromatic N) is 4. The number of aryl methyl sites for hydroxylation is 1. The van der Waals surface area contributed by atoms with Crippen LogP contribution >= 0.6 is 11.6 Å². The van der Waals surface area contributed by atoms with Gasteiger partial charge >= 0.3 is 5.69 Å². The SMILES string of the molecule is CCOc1ccc(-n2c(=O)n(CC3CCC(NC(=O)c4cc(Cl)cnc4C)CC3)c3cccnc32)cc1. The summed E-state index contributed by atoms with van der Waals surface area (Å²) in [5.41, 5.74) is 3.29. The summed E-state index contributed by atoms with van der Waals surface area (Å²) >= 11 is 6.03. The Labute approximate surface area is 220 Å². The first-order chi connectivity index (χ1) is 17.9. The Morgan fingerprint density at radius 1 is 1.14 bits per heavy atom. The molecule has 1 aromatic carbocycles. The van der Waals surface area contributed by atoms with Crippen LogP contribution in [0.5, 0.6) is 5.75 Å². The predicted molar refractivity (Wildman–Crippen MR) is 144 cm³/mol. The number of ether oxygens (including phenoxy) is 1. The molecule has 0 bridgehead atoms. The number of hydrogen-bond donors (Lipinski definition) is 1. The lowest BCUT2D eigenvalue weighted by Crippen LogP contribution is -2.39. The van der Waals surface area contributed by atoms with Gasteiger partial charge in [-0.15, -0.1) is 0 Å². The molecular weight excluding hydrogens is 490 g/mol. The maximum absolute atomic E-state index is 13.6. The first kappa shape index (κ1) is 25.0. The number of amides is 1. The van der Waals surface area contributed by atoms with Crippen LogP contribution in [-0.4, -0.2) is 37.7 Å². The first-order valence-electron chi connectivity index (χ1n) is 12.7. The van der Waals surface area contributed by atoms with Crippen LogP contribution in [0.1, 0.15) is 48.7 Å². The molecule has 0 aliphatic heterocycles. The van der Waals surface area contributed by atoms with E-state index in [2.05, 4.69) is 15.3 Å². The number of carbonyl (C=O) groups is 1. The molecule has 1 amide bonds. The average molecular weight is 520 g/mol. The van der Waals surface area contributed by atoms with Crippen LogP contribution < -0.4 is 15.7 Å². The molecule has 0 spiro atoms. The summed E-state index contributed by atoms with van der Waals surface area (Å²) in [5, 5.41) is 3.59. The van der Waals surface area contributed by atoms with Gasteiger partial charge in [-0.05, 0) is 87.9 Å². The number of halogens is 1. The second kappa shape index (κ2) is 10.8. The highest BCUT2D eigenvalue weighted by atomic mass is 35.5. The van der Waals surface area contributed by atoms with Crippen LogP contribution in [0, 0.1) is 12.8 Å². The maximum atomic E-state index is 13.6. The molecule has 1 saturated carbocycles. The minimum absolute atomic E-state index is 0.0886. The van der Waals surface area contributed by atoms with Gasteiger partial charge in [0.25, 0.3) is 5.91 Å². The van der Waals surface area contributed by atoms with Crippen LogP contribution in [0.2, 0.25) is 5.02 Å². The molecule has 192 valence electrons. The zero-order valence-electron chi connectivity index (χ0n) is 21.0. The highest BCUT2D eigenvalue weighted by molar-refractivity contribution is 6.30. The zero-order valence-corrected chi connectivity index (χ0v) is 21.7. The van der Waals surface area contributed by atoms with E-state index in [0.717, 1.165) is 42.6 Å². The second-order valence-electron chi connectivity index (χ2n) is 9.48. The van der Waals surface area contributed by atoms with Gasteiger partial charge in [0.2, 0.25) is 0 Å². The van der Waals surface area contributed by atoms with Crippen molar-refractivity contribution in [2.45, 2.75) is 52.1 Å². The van der Waals surface area contributed by atoms with Gasteiger partial charge in [0, 0.05) is 25.0 Å². The standard InChI is InChI=1S/C28H30ClN5O3/c1-3-37-23-12-10-22(11-13-23)34-26-25(5-4-14-30-26)33(28(34)36)17-19-6-8-21(9-7-19)32-27(35)24-15-20(29)16-31-18(24)2/h4-5,10-16,19,21H,3,6-9,17H2,1-2H3,(H,32,35). The fourth-order valence-electron chi connectivity index (χ4n) is 5.10. The summed E-state index contributed by atoms with van der Waals surface area (Å²) in [6, 6.07) is 13.1. The van der Waals surface area contributed by atoms with Gasteiger partial charge in [0.1, 0.15) is 5.75 Å². The van der Waals surface area contributed by atoms with Crippen LogP contribution in [0.4, 0.5) is 0 Å². The van der Waals surface area contributed by atoms with E-state index >= 15 is 0 Å². The highest BCUT2D eigenvalue weighted by Gasteiger charge is 2.26. The van der Waals surface area contributed by atoms with E-state index in [1.807, 2.05) is 47.9 Å². The van der Waals surface area contributed by atoms with Gasteiger partial charge in [-0.3, -0.25) is 14.3 Å². The minimum atomic E-state index is -0.142. The number of nitrogens with one attached hydrogen (secondary N) is 1. The lowest BCUT2D eigenvalue weighted by molar-refractivity contribution is 0.0919. The van der Waals surface area contributed by atoms with Crippen molar-refractivity contribution in [3.05, 3.63) is 81.6 Å². The van der Waals surface area contributed by atoms with Crippen LogP contribution in [0.15, 0.2) is 59.7 Å². The van der Waals surface area contributed by atoms with Crippen molar-refractivity contribution in [3.8, 4) is 11.4 Å². The summed E-state index contributed by atoms with van der Waals surface area (Å²) in [7, 11) is 0. The molecule has 0 unspecified atom stereocenters. The minimum Gasteiger partial charge on any atom is -0.494 e. The lowest BCUT2D eigenvalue weighted by atomic mass is 9.85. The molecule has 1 aliphatic carbocycles. The molecule has 0 radical (unpaired) electrons. The van der Waals surface area contributed by atoms with E-state index in [-0.39, 0.29) is 17.6 Å². The molecule has 5 rings (SSSR count). The van der Waals surface area contributed by atoms with Gasteiger partial charge < -0.3 is 10.1 Å². The Balaban J connectivity index is 1.30. The van der Waals surface area contributed by atoms with Gasteiger partial charge in [0.05, 0.1) is 34.1 Å². The molecule has 1 N–H and O–H groups in total. The monoisotopic (exact) mass is 519 g/mol. The van der Waals surface area contributed by atoms with Crippen LogP contribution in [0.25, 0.3) is 16.9 Å². The largest absolute Gasteiger partial charge is 0.494 e. The van der Waals surface area contributed by atoms with Crippen molar-refractivity contribution in [2.24, 2.45) is 5.92 Å². The summed E-state index contributed by atoms with van der Waals surface area (Å²) in [4.78, 5) is 35.1. The fourth-order valence-corrected chi connectivity index (χ4v) is 5.26. The molecule has 3 heterocycles. The van der Waals surface area contributed by atoms with Crippen molar-refractivity contribution in [3.63, 3.8) is 0 Å². The van der Waals surface area contributed by atoms with Crippen molar-refractivity contribution in [2.75, 3.05) is 6.61 Å². The number of pyridine rings is 2. The Morgan fingerprint density at radius 2 is 1.89 bits per heavy atom. The van der Waals surface area contributed by atoms with Gasteiger partial charge in [-0.25, -0.2) is 14.3 Å². The van der Waals surface area contributed by atoms with Crippen molar-refractivity contribution in [1.82, 2.24) is 24.4 Å². The molecule has 3 aromatic heterocycles. The molecule has 1 fully saturated rings. The molecule has 8 nitrogen and oxygen atoms in total. The quantitative estimate of drug-likeness (QED) is 0.374. The number of rotatable bonds is 7. The topological polar surface area (TPSA) is 91.0 Å². The number of imidazole rings is 1. The second-order valence-corrected chi connectivity index (χ2v) is 9.92. The zero-order chi connectivity index (χ0) is 25.9. The number of aromatic nitrogens is 4. The Hall–Kier alpha value is -3.65. The summed E-state index contributed by atoms with van der Waals surface area (Å²) in [6.45, 7) is 4.94. The summed E-state index contributed by atoms with van der Waals surface area (Å²) < 4.78 is 9.05. The third-order valence-electron chi connectivity index (χ3n) is 7.02. The number of fused-ring (bicyclic) bond motifs is 1. The normalized spacial score (nSPS) is 17.6. The number of carbonyl (C=O) groups excluding carboxylic acids is 1. The van der Waals surface area contributed by atoms with E-state index in [4.69, 9.17) is 16.3 Å². The third-order valence-corrected chi connectivity index (χ3v) is 7.22. The van der Waals surface area contributed by atoms with E-state index in [0.29, 0.717) is 41.0 Å². The Kier molecular flexibility index (Phi) is 7.28. The van der Waals surface area contributed by atoms with E-state index < -0.39 is 0 Å². The lowest BCUT2D eigenvalue weighted by Gasteiger charge is -2.29. The summed E-state index contributed by atoms with van der Waals surface area (Å²) in [6.07, 6.45) is 6.80. The average Bonchev–Trinajstić information content (AvgIpc) is 3.18. The van der Waals surface area contributed by atoms with Gasteiger partial charge in [-0.1, -0.05) is 11.6 Å². The highest BCUT2D eigenvalue weighted by Crippen LogP contribution is 2.28. The molecule has 0 saturated heterocycles. The fraction of sp³-hybridized carbons (Fsp3) is 0.357. The Morgan fingerprint density at radius 3 is 2.62 bits per heavy atom.